The normalized spacial score (nSPS) is 10.2. The second kappa shape index (κ2) is 7.31. The molecular weight excluding hydrogens is 336 g/mol. The SMILES string of the molecule is Nc1ncccc1O.O=C(O)c1cccc(-c2nc3ncccc3o2)c1. The maximum Gasteiger partial charge on any atom is 0.335 e. The number of rotatable bonds is 2. The number of anilines is 1. The van der Waals surface area contributed by atoms with Gasteiger partial charge in [-0.25, -0.2) is 14.8 Å². The summed E-state index contributed by atoms with van der Waals surface area (Å²) < 4.78 is 5.52. The van der Waals surface area contributed by atoms with Crippen LogP contribution in [0.15, 0.2) is 65.3 Å². The predicted octanol–water partition coefficient (Wildman–Crippen LogP) is 2.96. The fourth-order valence-electron chi connectivity index (χ4n) is 2.09. The van der Waals surface area contributed by atoms with E-state index in [0.29, 0.717) is 22.7 Å². The van der Waals surface area contributed by atoms with Gasteiger partial charge in [-0.3, -0.25) is 0 Å². The van der Waals surface area contributed by atoms with Crippen LogP contribution in [-0.2, 0) is 0 Å². The standard InChI is InChI=1S/C13H8N2O3.C5H6N2O/c16-13(17)9-4-1-3-8(7-9)12-15-11-10(18-12)5-2-6-14-11;6-5-4(8)2-1-3-7-5/h1-7H,(H,16,17);1-3,8H,(H2,6,7). The molecule has 8 nitrogen and oxygen atoms in total. The zero-order valence-corrected chi connectivity index (χ0v) is 13.4. The zero-order valence-electron chi connectivity index (χ0n) is 13.4. The van der Waals surface area contributed by atoms with E-state index in [9.17, 15) is 4.79 Å². The Labute approximate surface area is 147 Å². The number of hydrogen-bond donors (Lipinski definition) is 3. The summed E-state index contributed by atoms with van der Waals surface area (Å²) in [5.41, 5.74) is 7.06. The minimum absolute atomic E-state index is 0.0347. The van der Waals surface area contributed by atoms with Gasteiger partial charge in [-0.05, 0) is 42.5 Å². The van der Waals surface area contributed by atoms with E-state index in [0.717, 1.165) is 0 Å². The molecule has 130 valence electrons. The lowest BCUT2D eigenvalue weighted by molar-refractivity contribution is 0.0697. The summed E-state index contributed by atoms with van der Waals surface area (Å²) in [6.07, 6.45) is 3.15. The lowest BCUT2D eigenvalue weighted by Gasteiger charge is -1.97. The Morgan fingerprint density at radius 2 is 1.81 bits per heavy atom. The topological polar surface area (TPSA) is 135 Å². The highest BCUT2D eigenvalue weighted by atomic mass is 16.4. The molecule has 0 unspecified atom stereocenters. The van der Waals surface area contributed by atoms with Gasteiger partial charge < -0.3 is 20.4 Å². The Morgan fingerprint density at radius 1 is 1.04 bits per heavy atom. The van der Waals surface area contributed by atoms with Crippen molar-refractivity contribution in [1.82, 2.24) is 15.0 Å². The number of carboxylic acid groups (broad SMARTS) is 1. The van der Waals surface area contributed by atoms with Crippen LogP contribution in [0.25, 0.3) is 22.7 Å². The van der Waals surface area contributed by atoms with Crippen molar-refractivity contribution >= 4 is 23.0 Å². The van der Waals surface area contributed by atoms with Gasteiger partial charge in [-0.15, -0.1) is 0 Å². The van der Waals surface area contributed by atoms with Crippen molar-refractivity contribution in [3.63, 3.8) is 0 Å². The molecule has 3 heterocycles. The van der Waals surface area contributed by atoms with Gasteiger partial charge in [0.1, 0.15) is 0 Å². The molecule has 4 aromatic rings. The molecule has 26 heavy (non-hydrogen) atoms. The third kappa shape index (κ3) is 3.75. The van der Waals surface area contributed by atoms with Crippen molar-refractivity contribution in [2.75, 3.05) is 5.73 Å². The van der Waals surface area contributed by atoms with Gasteiger partial charge in [0.05, 0.1) is 5.56 Å². The number of oxazole rings is 1. The smallest absolute Gasteiger partial charge is 0.335 e. The summed E-state index contributed by atoms with van der Waals surface area (Å²) >= 11 is 0. The van der Waals surface area contributed by atoms with Crippen molar-refractivity contribution < 1.29 is 19.4 Å². The fourth-order valence-corrected chi connectivity index (χ4v) is 2.09. The molecule has 3 aromatic heterocycles. The van der Waals surface area contributed by atoms with Gasteiger partial charge in [0, 0.05) is 18.0 Å². The monoisotopic (exact) mass is 350 g/mol. The highest BCUT2D eigenvalue weighted by Crippen LogP contribution is 2.23. The first-order valence-electron chi connectivity index (χ1n) is 7.49. The Kier molecular flexibility index (Phi) is 4.75. The number of carboxylic acids is 1. The molecule has 8 heteroatoms. The third-order valence-corrected chi connectivity index (χ3v) is 3.34. The van der Waals surface area contributed by atoms with Crippen molar-refractivity contribution in [2.24, 2.45) is 0 Å². The number of benzene rings is 1. The van der Waals surface area contributed by atoms with E-state index >= 15 is 0 Å². The van der Waals surface area contributed by atoms with Gasteiger partial charge in [0.2, 0.25) is 5.89 Å². The van der Waals surface area contributed by atoms with Crippen LogP contribution in [0.1, 0.15) is 10.4 Å². The minimum Gasteiger partial charge on any atom is -0.504 e. The van der Waals surface area contributed by atoms with E-state index in [1.807, 2.05) is 0 Å². The van der Waals surface area contributed by atoms with Crippen LogP contribution >= 0.6 is 0 Å². The van der Waals surface area contributed by atoms with Crippen LogP contribution in [0, 0.1) is 0 Å². The second-order valence-corrected chi connectivity index (χ2v) is 5.14. The molecule has 4 N–H and O–H groups in total. The largest absolute Gasteiger partial charge is 0.504 e. The molecule has 0 spiro atoms. The third-order valence-electron chi connectivity index (χ3n) is 3.34. The molecule has 0 aliphatic rings. The first-order chi connectivity index (χ1) is 12.5. The van der Waals surface area contributed by atoms with Gasteiger partial charge in [-0.2, -0.15) is 4.98 Å². The summed E-state index contributed by atoms with van der Waals surface area (Å²) in [6.45, 7) is 0. The molecule has 4 rings (SSSR count). The molecule has 0 bridgehead atoms. The van der Waals surface area contributed by atoms with E-state index in [1.54, 1.807) is 36.5 Å². The number of nitrogens with zero attached hydrogens (tertiary/aromatic N) is 3. The van der Waals surface area contributed by atoms with Crippen LogP contribution in [0.2, 0.25) is 0 Å². The number of aromatic carboxylic acids is 1. The van der Waals surface area contributed by atoms with Crippen LogP contribution in [0.4, 0.5) is 5.82 Å². The Bertz CT molecular complexity index is 1010. The highest BCUT2D eigenvalue weighted by molar-refractivity contribution is 5.89. The lowest BCUT2D eigenvalue weighted by Crippen LogP contribution is -1.95. The van der Waals surface area contributed by atoms with E-state index in [4.69, 9.17) is 20.4 Å². The quantitative estimate of drug-likeness (QED) is 0.502. The number of nitrogen functional groups attached to an aromatic ring is 1. The van der Waals surface area contributed by atoms with Gasteiger partial charge in [0.25, 0.3) is 0 Å². The van der Waals surface area contributed by atoms with Gasteiger partial charge in [0.15, 0.2) is 22.8 Å². The molecule has 0 aliphatic heterocycles. The molecule has 0 saturated carbocycles. The first-order valence-corrected chi connectivity index (χ1v) is 7.49. The van der Waals surface area contributed by atoms with Crippen LogP contribution < -0.4 is 5.73 Å². The molecule has 0 radical (unpaired) electrons. The summed E-state index contributed by atoms with van der Waals surface area (Å²) in [5.74, 6) is -0.405. The molecule has 0 atom stereocenters. The molecule has 0 fully saturated rings. The average Bonchev–Trinajstić information content (AvgIpc) is 3.09. The van der Waals surface area contributed by atoms with Crippen molar-refractivity contribution in [1.29, 1.82) is 0 Å². The number of carbonyl (C=O) groups is 1. The predicted molar refractivity (Wildman–Crippen MR) is 94.5 cm³/mol. The number of hydrogen-bond acceptors (Lipinski definition) is 7. The van der Waals surface area contributed by atoms with Crippen LogP contribution in [0.3, 0.4) is 0 Å². The number of nitrogens with two attached hydrogens (primary N) is 1. The van der Waals surface area contributed by atoms with Gasteiger partial charge in [-0.1, -0.05) is 6.07 Å². The van der Waals surface area contributed by atoms with E-state index in [-0.39, 0.29) is 17.1 Å². The molecule has 1 aromatic carbocycles. The summed E-state index contributed by atoms with van der Waals surface area (Å²) in [4.78, 5) is 22.8. The summed E-state index contributed by atoms with van der Waals surface area (Å²) in [5, 5.41) is 17.7. The Hall–Kier alpha value is -3.94. The minimum atomic E-state index is -0.980. The Balaban J connectivity index is 0.000000206. The second-order valence-electron chi connectivity index (χ2n) is 5.14. The van der Waals surface area contributed by atoms with Gasteiger partial charge >= 0.3 is 5.97 Å². The zero-order chi connectivity index (χ0) is 18.5. The number of fused-ring (bicyclic) bond motifs is 1. The molecule has 0 aliphatic carbocycles. The summed E-state index contributed by atoms with van der Waals surface area (Å²) in [7, 11) is 0. The highest BCUT2D eigenvalue weighted by Gasteiger charge is 2.10. The van der Waals surface area contributed by atoms with Crippen molar-refractivity contribution in [2.45, 2.75) is 0 Å². The van der Waals surface area contributed by atoms with E-state index < -0.39 is 5.97 Å². The number of pyridine rings is 2. The molecule has 0 saturated heterocycles. The molecule has 0 amide bonds. The number of aromatic hydroxyl groups is 1. The van der Waals surface area contributed by atoms with E-state index in [2.05, 4.69) is 15.0 Å². The van der Waals surface area contributed by atoms with E-state index in [1.165, 1.54) is 24.4 Å². The van der Waals surface area contributed by atoms with Crippen molar-refractivity contribution in [3.8, 4) is 17.2 Å². The first kappa shape index (κ1) is 16.9. The maximum absolute atomic E-state index is 10.9. The van der Waals surface area contributed by atoms with Crippen molar-refractivity contribution in [3.05, 3.63) is 66.5 Å². The van der Waals surface area contributed by atoms with Crippen LogP contribution in [-0.4, -0.2) is 31.1 Å². The molecular formula is C18H14N4O4. The maximum atomic E-state index is 10.9. The summed E-state index contributed by atoms with van der Waals surface area (Å²) in [6, 6.07) is 13.1. The number of aromatic nitrogens is 3. The van der Waals surface area contributed by atoms with Crippen LogP contribution in [0.5, 0.6) is 5.75 Å². The average molecular weight is 350 g/mol. The fraction of sp³-hybridized carbons (Fsp3) is 0. The lowest BCUT2D eigenvalue weighted by atomic mass is 10.1. The Morgan fingerprint density at radius 3 is 2.46 bits per heavy atom.